The third kappa shape index (κ3) is 2.93. The van der Waals surface area contributed by atoms with Gasteiger partial charge in [0, 0.05) is 5.69 Å². The van der Waals surface area contributed by atoms with E-state index >= 15 is 0 Å². The molecule has 3 N–H and O–H groups in total. The lowest BCUT2D eigenvalue weighted by Crippen LogP contribution is -2.13. The Morgan fingerprint density at radius 3 is 2.65 bits per heavy atom. The molecule has 0 aliphatic rings. The van der Waals surface area contributed by atoms with Crippen LogP contribution >= 0.6 is 0 Å². The van der Waals surface area contributed by atoms with E-state index in [-0.39, 0.29) is 11.4 Å². The fourth-order valence-corrected chi connectivity index (χ4v) is 1.86. The van der Waals surface area contributed by atoms with Crippen molar-refractivity contribution in [1.29, 1.82) is 5.41 Å². The first-order chi connectivity index (χ1) is 9.51. The molecule has 4 nitrogen and oxygen atoms in total. The fourth-order valence-electron chi connectivity index (χ4n) is 1.86. The van der Waals surface area contributed by atoms with Gasteiger partial charge in [-0.3, -0.25) is 10.4 Å². The summed E-state index contributed by atoms with van der Waals surface area (Å²) in [7, 11) is 0. The molecule has 2 rings (SSSR count). The van der Waals surface area contributed by atoms with Crippen LogP contribution in [0.2, 0.25) is 0 Å². The molecule has 1 aromatic heterocycles. The Labute approximate surface area is 116 Å². The van der Waals surface area contributed by atoms with Gasteiger partial charge in [0.1, 0.15) is 23.2 Å². The standard InChI is InChI=1S/C15H16FN3O/c1-3-12-14(6-4-9(2)19-12)20-13-7-5-10(16)8-11(13)15(17)18/h4-8H,3H2,1-2H3,(H3,17,18). The number of hydrogen-bond donors (Lipinski definition) is 2. The minimum atomic E-state index is -0.458. The topological polar surface area (TPSA) is 72.0 Å². The van der Waals surface area contributed by atoms with Gasteiger partial charge in [0.15, 0.2) is 0 Å². The van der Waals surface area contributed by atoms with Crippen LogP contribution in [0.5, 0.6) is 11.5 Å². The number of nitrogen functional groups attached to an aromatic ring is 1. The lowest BCUT2D eigenvalue weighted by Gasteiger charge is -2.13. The molecule has 0 amide bonds. The first kappa shape index (κ1) is 14.0. The third-order valence-electron chi connectivity index (χ3n) is 2.86. The summed E-state index contributed by atoms with van der Waals surface area (Å²) >= 11 is 0. The highest BCUT2D eigenvalue weighted by Crippen LogP contribution is 2.28. The van der Waals surface area contributed by atoms with Gasteiger partial charge in [-0.2, -0.15) is 0 Å². The van der Waals surface area contributed by atoms with Crippen LogP contribution in [0.15, 0.2) is 30.3 Å². The zero-order valence-corrected chi connectivity index (χ0v) is 11.4. The quantitative estimate of drug-likeness (QED) is 0.664. The minimum Gasteiger partial charge on any atom is -0.455 e. The Balaban J connectivity index is 2.42. The van der Waals surface area contributed by atoms with Crippen LogP contribution in [-0.2, 0) is 6.42 Å². The van der Waals surface area contributed by atoms with Crippen LogP contribution in [0, 0.1) is 18.2 Å². The van der Waals surface area contributed by atoms with Crippen molar-refractivity contribution in [3.05, 3.63) is 53.1 Å². The van der Waals surface area contributed by atoms with E-state index in [1.165, 1.54) is 18.2 Å². The first-order valence-corrected chi connectivity index (χ1v) is 6.29. The molecule has 1 aromatic carbocycles. The van der Waals surface area contributed by atoms with Crippen LogP contribution in [0.3, 0.4) is 0 Å². The van der Waals surface area contributed by atoms with Gasteiger partial charge in [-0.1, -0.05) is 6.92 Å². The molecule has 0 bridgehead atoms. The van der Waals surface area contributed by atoms with E-state index in [0.717, 1.165) is 11.4 Å². The van der Waals surface area contributed by atoms with E-state index in [0.29, 0.717) is 17.9 Å². The molecule has 104 valence electrons. The Morgan fingerprint density at radius 2 is 2.00 bits per heavy atom. The molecule has 0 fully saturated rings. The number of aryl methyl sites for hydroxylation is 2. The van der Waals surface area contributed by atoms with E-state index in [4.69, 9.17) is 15.9 Å². The summed E-state index contributed by atoms with van der Waals surface area (Å²) in [5.74, 6) is 0.240. The number of nitrogens with zero attached hydrogens (tertiary/aromatic N) is 1. The molecule has 0 radical (unpaired) electrons. The molecule has 5 heteroatoms. The largest absolute Gasteiger partial charge is 0.455 e. The highest BCUT2D eigenvalue weighted by atomic mass is 19.1. The van der Waals surface area contributed by atoms with Crippen LogP contribution in [0.1, 0.15) is 23.9 Å². The van der Waals surface area contributed by atoms with Gasteiger partial charge in [0.2, 0.25) is 0 Å². The lowest BCUT2D eigenvalue weighted by atomic mass is 10.1. The highest BCUT2D eigenvalue weighted by molar-refractivity contribution is 5.97. The van der Waals surface area contributed by atoms with Crippen molar-refractivity contribution in [2.24, 2.45) is 5.73 Å². The second kappa shape index (κ2) is 5.69. The molecule has 20 heavy (non-hydrogen) atoms. The number of amidine groups is 1. The van der Waals surface area contributed by atoms with E-state index in [2.05, 4.69) is 4.98 Å². The van der Waals surface area contributed by atoms with Crippen molar-refractivity contribution in [2.75, 3.05) is 0 Å². The Bertz CT molecular complexity index is 656. The van der Waals surface area contributed by atoms with Crippen molar-refractivity contribution in [3.63, 3.8) is 0 Å². The minimum absolute atomic E-state index is 0.229. The molecule has 0 unspecified atom stereocenters. The molecular formula is C15H16FN3O. The maximum absolute atomic E-state index is 13.2. The van der Waals surface area contributed by atoms with Crippen molar-refractivity contribution >= 4 is 5.84 Å². The Morgan fingerprint density at radius 1 is 1.30 bits per heavy atom. The number of ether oxygens (including phenoxy) is 1. The second-order valence-corrected chi connectivity index (χ2v) is 4.41. The Hall–Kier alpha value is -2.43. The summed E-state index contributed by atoms with van der Waals surface area (Å²) in [4.78, 5) is 4.40. The molecule has 0 spiro atoms. The summed E-state index contributed by atoms with van der Waals surface area (Å²) in [5, 5.41) is 7.49. The van der Waals surface area contributed by atoms with Crippen molar-refractivity contribution < 1.29 is 9.13 Å². The molecule has 0 atom stereocenters. The van der Waals surface area contributed by atoms with Crippen LogP contribution in [0.25, 0.3) is 0 Å². The number of halogens is 1. The summed E-state index contributed by atoms with van der Waals surface area (Å²) in [6, 6.07) is 7.57. The summed E-state index contributed by atoms with van der Waals surface area (Å²) in [5.41, 5.74) is 7.39. The zero-order valence-electron chi connectivity index (χ0n) is 11.4. The van der Waals surface area contributed by atoms with Gasteiger partial charge in [0.05, 0.1) is 11.3 Å². The molecular weight excluding hydrogens is 257 g/mol. The predicted molar refractivity (Wildman–Crippen MR) is 75.8 cm³/mol. The van der Waals surface area contributed by atoms with Crippen molar-refractivity contribution in [3.8, 4) is 11.5 Å². The number of aromatic nitrogens is 1. The number of nitrogens with two attached hydrogens (primary N) is 1. The lowest BCUT2D eigenvalue weighted by molar-refractivity contribution is 0.469. The smallest absolute Gasteiger partial charge is 0.148 e. The molecule has 0 aliphatic carbocycles. The third-order valence-corrected chi connectivity index (χ3v) is 2.86. The van der Waals surface area contributed by atoms with E-state index < -0.39 is 5.82 Å². The predicted octanol–water partition coefficient (Wildman–Crippen LogP) is 3.17. The number of pyridine rings is 1. The van der Waals surface area contributed by atoms with Crippen LogP contribution < -0.4 is 10.5 Å². The number of nitrogens with one attached hydrogen (secondary N) is 1. The zero-order chi connectivity index (χ0) is 14.7. The average molecular weight is 273 g/mol. The molecule has 2 aromatic rings. The molecule has 0 saturated carbocycles. The Kier molecular flexibility index (Phi) is 3.98. The highest BCUT2D eigenvalue weighted by Gasteiger charge is 2.12. The van der Waals surface area contributed by atoms with Crippen LogP contribution in [-0.4, -0.2) is 10.8 Å². The normalized spacial score (nSPS) is 10.3. The van der Waals surface area contributed by atoms with E-state index in [1.807, 2.05) is 26.0 Å². The van der Waals surface area contributed by atoms with Gasteiger partial charge < -0.3 is 10.5 Å². The van der Waals surface area contributed by atoms with Gasteiger partial charge in [0.25, 0.3) is 0 Å². The van der Waals surface area contributed by atoms with Gasteiger partial charge >= 0.3 is 0 Å². The SMILES string of the molecule is CCc1nc(C)ccc1Oc1ccc(F)cc1C(=N)N. The first-order valence-electron chi connectivity index (χ1n) is 6.29. The fraction of sp³-hybridized carbons (Fsp3) is 0.200. The number of hydrogen-bond acceptors (Lipinski definition) is 3. The van der Waals surface area contributed by atoms with Crippen molar-refractivity contribution in [2.45, 2.75) is 20.3 Å². The van der Waals surface area contributed by atoms with Gasteiger partial charge in [-0.15, -0.1) is 0 Å². The van der Waals surface area contributed by atoms with E-state index in [1.54, 1.807) is 0 Å². The van der Waals surface area contributed by atoms with E-state index in [9.17, 15) is 4.39 Å². The number of rotatable bonds is 4. The maximum Gasteiger partial charge on any atom is 0.148 e. The number of benzene rings is 1. The summed E-state index contributed by atoms with van der Waals surface area (Å²) in [6.07, 6.45) is 0.716. The molecule has 1 heterocycles. The van der Waals surface area contributed by atoms with Crippen molar-refractivity contribution in [1.82, 2.24) is 4.98 Å². The summed E-state index contributed by atoms with van der Waals surface area (Å²) in [6.45, 7) is 3.88. The maximum atomic E-state index is 13.2. The van der Waals surface area contributed by atoms with Gasteiger partial charge in [-0.25, -0.2) is 4.39 Å². The van der Waals surface area contributed by atoms with Crippen LogP contribution in [0.4, 0.5) is 4.39 Å². The molecule has 0 aliphatic heterocycles. The van der Waals surface area contributed by atoms with Gasteiger partial charge in [-0.05, 0) is 43.7 Å². The summed E-state index contributed by atoms with van der Waals surface area (Å²) < 4.78 is 19.0. The molecule has 0 saturated heterocycles. The monoisotopic (exact) mass is 273 g/mol. The average Bonchev–Trinajstić information content (AvgIpc) is 2.42. The second-order valence-electron chi connectivity index (χ2n) is 4.41.